The summed E-state index contributed by atoms with van der Waals surface area (Å²) in [6.45, 7) is 6.41. The van der Waals surface area contributed by atoms with E-state index in [0.717, 1.165) is 18.9 Å². The van der Waals surface area contributed by atoms with Crippen molar-refractivity contribution in [3.05, 3.63) is 30.1 Å². The molecule has 0 radical (unpaired) electrons. The van der Waals surface area contributed by atoms with Gasteiger partial charge < -0.3 is 9.67 Å². The van der Waals surface area contributed by atoms with Gasteiger partial charge in [0.15, 0.2) is 0 Å². The van der Waals surface area contributed by atoms with E-state index in [1.807, 2.05) is 12.4 Å². The fourth-order valence-corrected chi connectivity index (χ4v) is 2.78. The molecule has 1 aliphatic rings. The summed E-state index contributed by atoms with van der Waals surface area (Å²) in [4.78, 5) is 6.62. The summed E-state index contributed by atoms with van der Waals surface area (Å²) in [6.07, 6.45) is 6.09. The lowest BCUT2D eigenvalue weighted by molar-refractivity contribution is 0.0404. The third kappa shape index (κ3) is 2.34. The van der Waals surface area contributed by atoms with Gasteiger partial charge in [-0.25, -0.2) is 4.98 Å². The Labute approximate surface area is 117 Å². The minimum absolute atomic E-state index is 0.393. The van der Waals surface area contributed by atoms with Gasteiger partial charge in [0, 0.05) is 31.5 Å². The van der Waals surface area contributed by atoms with E-state index in [9.17, 15) is 5.11 Å². The lowest BCUT2D eigenvalue weighted by Crippen LogP contribution is -2.31. The second-order valence-electron chi connectivity index (χ2n) is 5.69. The van der Waals surface area contributed by atoms with E-state index < -0.39 is 5.60 Å². The van der Waals surface area contributed by atoms with Gasteiger partial charge in [-0.2, -0.15) is 15.4 Å². The number of aliphatic hydroxyl groups is 1. The van der Waals surface area contributed by atoms with Gasteiger partial charge in [-0.3, -0.25) is 4.90 Å². The number of hydrogen-bond donors (Lipinski definition) is 2. The Morgan fingerprint density at radius 1 is 1.50 bits per heavy atom. The maximum Gasteiger partial charge on any atom is 0.124 e. The highest BCUT2D eigenvalue weighted by Crippen LogP contribution is 2.30. The van der Waals surface area contributed by atoms with Crippen molar-refractivity contribution >= 4 is 0 Å². The molecule has 108 valence electrons. The molecule has 1 atom stereocenters. The third-order valence-corrected chi connectivity index (χ3v) is 3.89. The lowest BCUT2D eigenvalue weighted by Gasteiger charge is -2.21. The molecule has 0 aromatic carbocycles. The molecule has 0 amide bonds. The predicted octanol–water partition coefficient (Wildman–Crippen LogP) is 0.676. The van der Waals surface area contributed by atoms with Crippen LogP contribution in [0.1, 0.15) is 37.8 Å². The first-order chi connectivity index (χ1) is 9.58. The Morgan fingerprint density at radius 2 is 2.35 bits per heavy atom. The highest BCUT2D eigenvalue weighted by molar-refractivity contribution is 5.10. The molecule has 7 nitrogen and oxygen atoms in total. The molecule has 2 aromatic heterocycles. The number of nitrogens with zero attached hydrogens (tertiary/aromatic N) is 5. The zero-order valence-corrected chi connectivity index (χ0v) is 11.8. The SMILES string of the molecule is CC(C)n1ccnc1CN1CC[C@@](O)(c2cn[nH]n2)C1. The van der Waals surface area contributed by atoms with Crippen LogP contribution in [-0.4, -0.2) is 48.1 Å². The van der Waals surface area contributed by atoms with Gasteiger partial charge >= 0.3 is 0 Å². The summed E-state index contributed by atoms with van der Waals surface area (Å²) in [5.74, 6) is 1.03. The fraction of sp³-hybridized carbons (Fsp3) is 0.615. The third-order valence-electron chi connectivity index (χ3n) is 3.89. The first kappa shape index (κ1) is 13.3. The molecule has 0 unspecified atom stereocenters. The van der Waals surface area contributed by atoms with Gasteiger partial charge in [-0.1, -0.05) is 0 Å². The number of imidazole rings is 1. The number of rotatable bonds is 4. The van der Waals surface area contributed by atoms with Crippen LogP contribution >= 0.6 is 0 Å². The number of aromatic amines is 1. The van der Waals surface area contributed by atoms with Crippen LogP contribution in [0.2, 0.25) is 0 Å². The summed E-state index contributed by atoms with van der Waals surface area (Å²) in [7, 11) is 0. The Bertz CT molecular complexity index is 563. The van der Waals surface area contributed by atoms with E-state index >= 15 is 0 Å². The van der Waals surface area contributed by atoms with Crippen LogP contribution in [0, 0.1) is 0 Å². The Kier molecular flexibility index (Phi) is 3.31. The Hall–Kier alpha value is -1.73. The number of aromatic nitrogens is 5. The number of β-amino-alcohol motifs (C(OH)–C–C–N with tert-alkyl or cyclic N) is 1. The highest BCUT2D eigenvalue weighted by Gasteiger charge is 2.39. The molecule has 3 heterocycles. The number of hydrogen-bond acceptors (Lipinski definition) is 5. The van der Waals surface area contributed by atoms with E-state index in [4.69, 9.17) is 0 Å². The van der Waals surface area contributed by atoms with Crippen molar-refractivity contribution in [3.8, 4) is 0 Å². The molecule has 7 heteroatoms. The largest absolute Gasteiger partial charge is 0.382 e. The fourth-order valence-electron chi connectivity index (χ4n) is 2.78. The molecular weight excluding hydrogens is 256 g/mol. The van der Waals surface area contributed by atoms with Crippen LogP contribution in [0.15, 0.2) is 18.6 Å². The van der Waals surface area contributed by atoms with Crippen LogP contribution < -0.4 is 0 Å². The standard InChI is InChI=1S/C13H20N6O/c1-10(2)19-6-4-14-12(19)8-18-5-3-13(20,9-18)11-7-15-17-16-11/h4,6-7,10,20H,3,5,8-9H2,1-2H3,(H,15,16,17)/t13-/m0/s1. The molecule has 20 heavy (non-hydrogen) atoms. The maximum atomic E-state index is 10.6. The summed E-state index contributed by atoms with van der Waals surface area (Å²) < 4.78 is 2.16. The van der Waals surface area contributed by atoms with Crippen molar-refractivity contribution in [3.63, 3.8) is 0 Å². The number of nitrogens with one attached hydrogen (secondary N) is 1. The normalized spacial score (nSPS) is 23.8. The molecule has 0 saturated carbocycles. The number of likely N-dealkylation sites (tertiary alicyclic amines) is 1. The zero-order chi connectivity index (χ0) is 14.2. The number of H-pyrrole nitrogens is 1. The van der Waals surface area contributed by atoms with Gasteiger partial charge in [0.05, 0.1) is 12.7 Å². The van der Waals surface area contributed by atoms with Gasteiger partial charge in [0.2, 0.25) is 0 Å². The van der Waals surface area contributed by atoms with E-state index in [1.54, 1.807) is 6.20 Å². The average Bonchev–Trinajstić information content (AvgIpc) is 3.10. The van der Waals surface area contributed by atoms with E-state index in [0.29, 0.717) is 24.7 Å². The van der Waals surface area contributed by atoms with Gasteiger partial charge in [0.1, 0.15) is 17.1 Å². The van der Waals surface area contributed by atoms with Crippen molar-refractivity contribution in [2.75, 3.05) is 13.1 Å². The summed E-state index contributed by atoms with van der Waals surface area (Å²) in [5.41, 5.74) is -0.283. The van der Waals surface area contributed by atoms with Crippen molar-refractivity contribution in [2.24, 2.45) is 0 Å². The first-order valence-electron chi connectivity index (χ1n) is 6.91. The topological polar surface area (TPSA) is 82.9 Å². The first-order valence-corrected chi connectivity index (χ1v) is 6.91. The Morgan fingerprint density at radius 3 is 3.05 bits per heavy atom. The molecule has 2 aromatic rings. The summed E-state index contributed by atoms with van der Waals surface area (Å²) in [5, 5.41) is 21.0. The average molecular weight is 276 g/mol. The van der Waals surface area contributed by atoms with Crippen molar-refractivity contribution in [1.29, 1.82) is 0 Å². The van der Waals surface area contributed by atoms with E-state index in [2.05, 4.69) is 43.7 Å². The zero-order valence-electron chi connectivity index (χ0n) is 11.8. The van der Waals surface area contributed by atoms with Crippen LogP contribution in [0.25, 0.3) is 0 Å². The minimum atomic E-state index is -0.901. The molecule has 0 spiro atoms. The van der Waals surface area contributed by atoms with Gasteiger partial charge in [-0.15, -0.1) is 0 Å². The predicted molar refractivity (Wildman–Crippen MR) is 72.8 cm³/mol. The summed E-state index contributed by atoms with van der Waals surface area (Å²) >= 11 is 0. The van der Waals surface area contributed by atoms with Crippen LogP contribution in [-0.2, 0) is 12.1 Å². The molecule has 1 aliphatic heterocycles. The molecule has 0 bridgehead atoms. The van der Waals surface area contributed by atoms with Crippen LogP contribution in [0.4, 0.5) is 0 Å². The van der Waals surface area contributed by atoms with Crippen molar-refractivity contribution < 1.29 is 5.11 Å². The lowest BCUT2D eigenvalue weighted by atomic mass is 10.0. The minimum Gasteiger partial charge on any atom is -0.382 e. The Balaban J connectivity index is 1.70. The monoisotopic (exact) mass is 276 g/mol. The second kappa shape index (κ2) is 4.99. The quantitative estimate of drug-likeness (QED) is 0.858. The molecule has 1 fully saturated rings. The molecule has 1 saturated heterocycles. The molecule has 2 N–H and O–H groups in total. The van der Waals surface area contributed by atoms with Crippen molar-refractivity contribution in [2.45, 2.75) is 38.5 Å². The molecule has 3 rings (SSSR count). The summed E-state index contributed by atoms with van der Waals surface area (Å²) in [6, 6.07) is 0.393. The highest BCUT2D eigenvalue weighted by atomic mass is 16.3. The van der Waals surface area contributed by atoms with E-state index in [1.165, 1.54) is 0 Å². The van der Waals surface area contributed by atoms with Crippen LogP contribution in [0.5, 0.6) is 0 Å². The van der Waals surface area contributed by atoms with Gasteiger partial charge in [0.25, 0.3) is 0 Å². The maximum absolute atomic E-state index is 10.6. The van der Waals surface area contributed by atoms with Crippen molar-refractivity contribution in [1.82, 2.24) is 29.9 Å². The van der Waals surface area contributed by atoms with Gasteiger partial charge in [-0.05, 0) is 20.3 Å². The second-order valence-corrected chi connectivity index (χ2v) is 5.69. The molecule has 0 aliphatic carbocycles. The van der Waals surface area contributed by atoms with E-state index in [-0.39, 0.29) is 0 Å². The smallest absolute Gasteiger partial charge is 0.124 e. The van der Waals surface area contributed by atoms with Crippen LogP contribution in [0.3, 0.4) is 0 Å². The molecular formula is C13H20N6O.